The van der Waals surface area contributed by atoms with Gasteiger partial charge in [0.25, 0.3) is 0 Å². The highest BCUT2D eigenvalue weighted by atomic mass is 35.5. The Kier molecular flexibility index (Phi) is 12.8. The van der Waals surface area contributed by atoms with E-state index in [2.05, 4.69) is 20.9 Å². The van der Waals surface area contributed by atoms with E-state index in [1.54, 1.807) is 29.0 Å². The number of likely N-dealkylation sites (tertiary alicyclic amines) is 1. The van der Waals surface area contributed by atoms with Crippen LogP contribution in [0.4, 0.5) is 10.5 Å². The number of piperidine rings is 1. The summed E-state index contributed by atoms with van der Waals surface area (Å²) in [6, 6.07) is 16.5. The Morgan fingerprint density at radius 1 is 0.981 bits per heavy atom. The summed E-state index contributed by atoms with van der Waals surface area (Å²) in [4.78, 5) is 18.1. The van der Waals surface area contributed by atoms with E-state index >= 15 is 0 Å². The molecule has 3 aromatic rings. The van der Waals surface area contributed by atoms with Crippen LogP contribution in [0.15, 0.2) is 72.7 Å². The van der Waals surface area contributed by atoms with E-state index in [1.807, 2.05) is 68.1 Å². The van der Waals surface area contributed by atoms with E-state index in [4.69, 9.17) is 37.3 Å². The highest BCUT2D eigenvalue weighted by molar-refractivity contribution is 6.31. The van der Waals surface area contributed by atoms with Gasteiger partial charge in [-0.2, -0.15) is 0 Å². The number of carbonyl (C=O) groups is 1. The molecule has 2 fully saturated rings. The first-order chi connectivity index (χ1) is 25.9. The third-order valence-electron chi connectivity index (χ3n) is 10.3. The van der Waals surface area contributed by atoms with Crippen LogP contribution in [0.3, 0.4) is 0 Å². The molecule has 1 unspecified atom stereocenters. The van der Waals surface area contributed by atoms with Crippen LogP contribution in [0.1, 0.15) is 81.7 Å². The van der Waals surface area contributed by atoms with Gasteiger partial charge in [-0.3, -0.25) is 25.6 Å². The first-order valence-corrected chi connectivity index (χ1v) is 19.4. The van der Waals surface area contributed by atoms with E-state index in [-0.39, 0.29) is 23.7 Å². The molecular weight excluding hydrogens is 702 g/mol. The van der Waals surface area contributed by atoms with Crippen LogP contribution in [0.5, 0.6) is 5.75 Å². The Hall–Kier alpha value is -4.65. The monoisotopic (exact) mass is 755 g/mol. The molecule has 54 heavy (non-hydrogen) atoms. The first kappa shape index (κ1) is 39.1. The molecule has 2 amide bonds. The summed E-state index contributed by atoms with van der Waals surface area (Å²) in [5.41, 5.74) is 3.88. The molecular formula is C41H54ClN9O3. The third kappa shape index (κ3) is 10.1. The number of ether oxygens (including phenoxy) is 2. The molecule has 1 aromatic heterocycles. The molecule has 0 spiro atoms. The number of aromatic nitrogens is 1. The Bertz CT molecular complexity index is 1910. The minimum atomic E-state index is -0.431. The second-order valence-electron chi connectivity index (χ2n) is 15.3. The lowest BCUT2D eigenvalue weighted by molar-refractivity contribution is 0.0384. The Morgan fingerprint density at radius 3 is 2.46 bits per heavy atom. The molecule has 0 bridgehead atoms. The first-order valence-electron chi connectivity index (χ1n) is 19.0. The van der Waals surface area contributed by atoms with Crippen molar-refractivity contribution in [3.05, 3.63) is 99.9 Å². The maximum Gasteiger partial charge on any atom is 0.320 e. The lowest BCUT2D eigenvalue weighted by atomic mass is 9.85. The van der Waals surface area contributed by atoms with Gasteiger partial charge in [0.2, 0.25) is 5.96 Å². The van der Waals surface area contributed by atoms with Crippen LogP contribution in [0, 0.1) is 21.6 Å². The molecule has 288 valence electrons. The zero-order valence-electron chi connectivity index (χ0n) is 31.6. The number of amides is 2. The van der Waals surface area contributed by atoms with E-state index in [0.717, 1.165) is 87.6 Å². The van der Waals surface area contributed by atoms with Gasteiger partial charge in [-0.05, 0) is 85.5 Å². The topological polar surface area (TPSA) is 155 Å². The third-order valence-corrected chi connectivity index (χ3v) is 10.7. The van der Waals surface area contributed by atoms with Crippen molar-refractivity contribution in [2.24, 2.45) is 5.41 Å². The number of pyridine rings is 1. The number of anilines is 1. The minimum absolute atomic E-state index is 0.234. The van der Waals surface area contributed by atoms with Crippen molar-refractivity contribution in [2.75, 3.05) is 51.3 Å². The van der Waals surface area contributed by atoms with Crippen molar-refractivity contribution in [2.45, 2.75) is 71.4 Å². The largest absolute Gasteiger partial charge is 0.484 e. The number of urea groups is 1. The summed E-state index contributed by atoms with van der Waals surface area (Å²) in [7, 11) is 0. The number of hydrogen-bond acceptors (Lipinski definition) is 8. The molecule has 6 rings (SSSR count). The second-order valence-corrected chi connectivity index (χ2v) is 15.7. The van der Waals surface area contributed by atoms with Crippen molar-refractivity contribution in [1.29, 1.82) is 16.2 Å². The highest BCUT2D eigenvalue weighted by Crippen LogP contribution is 2.38. The SMILES string of the molecule is CC(C)(C)C(=N)/C=C(/NC(=O)NC1CC[C@@H](Oc2ccc(=N)n(C(=N)N3CCCCC3)c2)c2ccccc21)Nc1ccc(Cl)c(CCN2CCOCC2)c1. The van der Waals surface area contributed by atoms with Gasteiger partial charge in [0, 0.05) is 60.6 Å². The van der Waals surface area contributed by atoms with Crippen molar-refractivity contribution in [1.82, 2.24) is 25.0 Å². The molecule has 2 saturated heterocycles. The molecule has 0 radical (unpaired) electrons. The molecule has 3 heterocycles. The summed E-state index contributed by atoms with van der Waals surface area (Å²) < 4.78 is 13.6. The predicted molar refractivity (Wildman–Crippen MR) is 214 cm³/mol. The highest BCUT2D eigenvalue weighted by Gasteiger charge is 2.30. The van der Waals surface area contributed by atoms with Gasteiger partial charge in [-0.1, -0.05) is 56.6 Å². The van der Waals surface area contributed by atoms with Crippen LogP contribution in [-0.4, -0.2) is 78.0 Å². The number of nitrogens with zero attached hydrogens (tertiary/aromatic N) is 3. The number of morpholine rings is 1. The van der Waals surface area contributed by atoms with Crippen molar-refractivity contribution >= 4 is 35.0 Å². The van der Waals surface area contributed by atoms with Gasteiger partial charge in [0.05, 0.1) is 25.5 Å². The maximum absolute atomic E-state index is 13.7. The summed E-state index contributed by atoms with van der Waals surface area (Å²) >= 11 is 6.61. The molecule has 13 heteroatoms. The smallest absolute Gasteiger partial charge is 0.320 e. The van der Waals surface area contributed by atoms with Crippen LogP contribution in [-0.2, 0) is 11.2 Å². The quantitative estimate of drug-likeness (QED) is 0.0964. The van der Waals surface area contributed by atoms with Gasteiger partial charge in [0.15, 0.2) is 0 Å². The molecule has 2 aromatic carbocycles. The molecule has 3 aliphatic rings. The molecule has 6 N–H and O–H groups in total. The fraction of sp³-hybridized carbons (Fsp3) is 0.463. The summed E-state index contributed by atoms with van der Waals surface area (Å²) in [6.07, 6.45) is 8.49. The van der Waals surface area contributed by atoms with Crippen LogP contribution < -0.4 is 26.2 Å². The van der Waals surface area contributed by atoms with Gasteiger partial charge in [-0.25, -0.2) is 4.79 Å². The van der Waals surface area contributed by atoms with Crippen LogP contribution in [0.25, 0.3) is 0 Å². The molecule has 2 atom stereocenters. The van der Waals surface area contributed by atoms with Gasteiger partial charge in [0.1, 0.15) is 23.2 Å². The number of halogens is 1. The van der Waals surface area contributed by atoms with Crippen LogP contribution >= 0.6 is 11.6 Å². The number of fused-ring (bicyclic) bond motifs is 1. The second kappa shape index (κ2) is 17.7. The maximum atomic E-state index is 13.7. The van der Waals surface area contributed by atoms with Crippen molar-refractivity contribution in [3.63, 3.8) is 0 Å². The zero-order valence-corrected chi connectivity index (χ0v) is 32.4. The molecule has 0 saturated carbocycles. The number of nitrogens with one attached hydrogen (secondary N) is 6. The number of carbonyl (C=O) groups excluding carboxylic acids is 1. The van der Waals surface area contributed by atoms with E-state index in [1.165, 1.54) is 6.42 Å². The lowest BCUT2D eigenvalue weighted by Gasteiger charge is -2.33. The number of benzene rings is 2. The number of hydrogen-bond donors (Lipinski definition) is 6. The fourth-order valence-electron chi connectivity index (χ4n) is 7.06. The molecule has 12 nitrogen and oxygen atoms in total. The Labute approximate surface area is 323 Å². The number of rotatable bonds is 10. The van der Waals surface area contributed by atoms with E-state index < -0.39 is 5.41 Å². The predicted octanol–water partition coefficient (Wildman–Crippen LogP) is 7.04. The average molecular weight is 756 g/mol. The molecule has 2 aliphatic heterocycles. The van der Waals surface area contributed by atoms with Crippen molar-refractivity contribution < 1.29 is 14.3 Å². The Morgan fingerprint density at radius 2 is 1.72 bits per heavy atom. The van der Waals surface area contributed by atoms with Gasteiger partial charge in [-0.15, -0.1) is 0 Å². The summed E-state index contributed by atoms with van der Waals surface area (Å²) in [5, 5.41) is 36.2. The van der Waals surface area contributed by atoms with Crippen molar-refractivity contribution in [3.8, 4) is 5.75 Å². The van der Waals surface area contributed by atoms with Gasteiger partial charge < -0.3 is 30.4 Å². The average Bonchev–Trinajstić information content (AvgIpc) is 3.16. The minimum Gasteiger partial charge on any atom is -0.484 e. The normalized spacial score (nSPS) is 19.4. The molecule has 1 aliphatic carbocycles. The van der Waals surface area contributed by atoms with Gasteiger partial charge >= 0.3 is 6.03 Å². The number of allylic oxidation sites excluding steroid dienone is 1. The summed E-state index contributed by atoms with van der Waals surface area (Å²) in [6.45, 7) is 11.7. The fourth-order valence-corrected chi connectivity index (χ4v) is 7.27. The zero-order chi connectivity index (χ0) is 38.2. The van der Waals surface area contributed by atoms with Crippen LogP contribution in [0.2, 0.25) is 5.02 Å². The Balaban J connectivity index is 1.14. The standard InChI is InChI=1S/C41H54ClN9O3/c1-41(2,3)36(43)26-38(46-29-11-13-33(42)28(25-29)17-20-49-21-23-53-24-22-49)48-40(52)47-34-14-15-35(32-10-6-5-9-31(32)34)54-30-12-16-37(44)51(27-30)39(45)50-18-7-4-8-19-50/h5-6,9-13,16,25-27,34-35,43-46H,4,7-8,14-15,17-24H2,1-3H3,(H2,47,48,52)/b38-26+,43-36?,44-37?,45-39?/t34?,35-/m1/s1. The van der Waals surface area contributed by atoms with E-state index in [9.17, 15) is 4.79 Å². The van der Waals surface area contributed by atoms with E-state index in [0.29, 0.717) is 41.1 Å². The lowest BCUT2D eigenvalue weighted by Crippen LogP contribution is -2.43. The summed E-state index contributed by atoms with van der Waals surface area (Å²) in [5.74, 6) is 1.27.